The molecule has 0 aliphatic heterocycles. The molecule has 28 heavy (non-hydrogen) atoms. The summed E-state index contributed by atoms with van der Waals surface area (Å²) in [6, 6.07) is 7.25. The van der Waals surface area contributed by atoms with Crippen LogP contribution >= 0.6 is 0 Å². The van der Waals surface area contributed by atoms with Crippen molar-refractivity contribution in [1.29, 1.82) is 0 Å². The first kappa shape index (κ1) is 21.8. The number of rotatable bonds is 10. The zero-order valence-electron chi connectivity index (χ0n) is 16.4. The number of aromatic nitrogens is 2. The first-order valence-electron chi connectivity index (χ1n) is 9.41. The van der Waals surface area contributed by atoms with E-state index in [1.807, 2.05) is 26.0 Å². The van der Waals surface area contributed by atoms with Crippen molar-refractivity contribution < 1.29 is 22.6 Å². The van der Waals surface area contributed by atoms with E-state index in [9.17, 15) is 13.2 Å². The van der Waals surface area contributed by atoms with Crippen LogP contribution in [0.25, 0.3) is 0 Å². The molecular weight excluding hydrogens is 371 g/mol. The van der Waals surface area contributed by atoms with Gasteiger partial charge in [-0.2, -0.15) is 18.2 Å². The van der Waals surface area contributed by atoms with Gasteiger partial charge in [0.15, 0.2) is 0 Å². The molecule has 0 bridgehead atoms. The lowest BCUT2D eigenvalue weighted by Crippen LogP contribution is -2.18. The van der Waals surface area contributed by atoms with Crippen molar-refractivity contribution in [1.82, 2.24) is 9.97 Å². The molecule has 0 atom stereocenters. The Hall–Kier alpha value is -2.51. The third-order valence-corrected chi connectivity index (χ3v) is 4.02. The first-order valence-corrected chi connectivity index (χ1v) is 9.41. The van der Waals surface area contributed by atoms with Crippen LogP contribution in [-0.4, -0.2) is 30.2 Å². The average molecular weight is 397 g/mol. The molecule has 1 aromatic heterocycles. The normalized spacial score (nSPS) is 11.4. The Morgan fingerprint density at radius 1 is 1.00 bits per heavy atom. The lowest BCUT2D eigenvalue weighted by molar-refractivity contribution is -0.139. The van der Waals surface area contributed by atoms with E-state index in [0.717, 1.165) is 25.5 Å². The van der Waals surface area contributed by atoms with Gasteiger partial charge < -0.3 is 14.4 Å². The number of hydrogen-bond acceptors (Lipinski definition) is 5. The molecule has 2 aromatic rings. The van der Waals surface area contributed by atoms with Gasteiger partial charge in [-0.15, -0.1) is 0 Å². The third-order valence-electron chi connectivity index (χ3n) is 4.02. The number of para-hydroxylation sites is 2. The third kappa shape index (κ3) is 5.74. The zero-order valence-corrected chi connectivity index (χ0v) is 16.4. The van der Waals surface area contributed by atoms with Crippen LogP contribution in [0.5, 0.6) is 11.6 Å². The Kier molecular flexibility index (Phi) is 7.90. The maximum Gasteiger partial charge on any atom is 0.423 e. The summed E-state index contributed by atoms with van der Waals surface area (Å²) in [4.78, 5) is 9.55. The predicted octanol–water partition coefficient (Wildman–Crippen LogP) is 5.62. The monoisotopic (exact) mass is 397 g/mol. The lowest BCUT2D eigenvalue weighted by Gasteiger charge is -2.22. The van der Waals surface area contributed by atoms with Gasteiger partial charge in [-0.3, -0.25) is 0 Å². The number of halogens is 3. The molecule has 154 valence electrons. The summed E-state index contributed by atoms with van der Waals surface area (Å²) >= 11 is 0. The van der Waals surface area contributed by atoms with Gasteiger partial charge in [0, 0.05) is 13.2 Å². The minimum Gasteiger partial charge on any atom is -0.491 e. The minimum absolute atomic E-state index is 0.103. The Morgan fingerprint density at radius 3 is 2.43 bits per heavy atom. The summed E-state index contributed by atoms with van der Waals surface area (Å²) in [6.45, 7) is 4.71. The summed E-state index contributed by atoms with van der Waals surface area (Å²) in [6.07, 6.45) is -0.493. The number of alkyl halides is 3. The van der Waals surface area contributed by atoms with Crippen LogP contribution in [-0.2, 0) is 6.18 Å². The summed E-state index contributed by atoms with van der Waals surface area (Å²) in [7, 11) is 1.68. The van der Waals surface area contributed by atoms with Gasteiger partial charge in [0.05, 0.1) is 18.9 Å². The Labute approximate surface area is 163 Å². The number of benzene rings is 1. The Balaban J connectivity index is 2.32. The number of unbranched alkanes of at least 4 members (excludes halogenated alkanes) is 2. The average Bonchev–Trinajstić information content (AvgIpc) is 2.68. The van der Waals surface area contributed by atoms with Crippen molar-refractivity contribution in [2.45, 2.75) is 45.7 Å². The van der Waals surface area contributed by atoms with E-state index in [1.54, 1.807) is 24.1 Å². The van der Waals surface area contributed by atoms with Gasteiger partial charge in [0.1, 0.15) is 11.3 Å². The number of hydrogen-bond donors (Lipinski definition) is 0. The SMILES string of the molecule is CCCCCOc1nc(N(C)c2ccccc2OCCC)ncc1C(F)(F)F. The minimum atomic E-state index is -4.58. The van der Waals surface area contributed by atoms with E-state index in [1.165, 1.54) is 0 Å². The number of ether oxygens (including phenoxy) is 2. The highest BCUT2D eigenvalue weighted by Crippen LogP contribution is 2.37. The zero-order chi connectivity index (χ0) is 20.6. The highest BCUT2D eigenvalue weighted by atomic mass is 19.4. The second kappa shape index (κ2) is 10.1. The second-order valence-electron chi connectivity index (χ2n) is 6.32. The molecule has 0 unspecified atom stereocenters. The number of anilines is 2. The maximum absolute atomic E-state index is 13.3. The van der Waals surface area contributed by atoms with E-state index in [-0.39, 0.29) is 12.6 Å². The molecular formula is C20H26F3N3O2. The molecule has 5 nitrogen and oxygen atoms in total. The molecule has 8 heteroatoms. The van der Waals surface area contributed by atoms with Crippen molar-refractivity contribution in [3.8, 4) is 11.6 Å². The summed E-state index contributed by atoms with van der Waals surface area (Å²) < 4.78 is 50.9. The number of nitrogens with zero attached hydrogens (tertiary/aromatic N) is 3. The summed E-state index contributed by atoms with van der Waals surface area (Å²) in [5.74, 6) is 0.263. The fraction of sp³-hybridized carbons (Fsp3) is 0.500. The van der Waals surface area contributed by atoms with Gasteiger partial charge >= 0.3 is 6.18 Å². The highest BCUT2D eigenvalue weighted by molar-refractivity contribution is 5.65. The Morgan fingerprint density at radius 2 is 1.75 bits per heavy atom. The van der Waals surface area contributed by atoms with Crippen molar-refractivity contribution in [3.63, 3.8) is 0 Å². The van der Waals surface area contributed by atoms with Crippen LogP contribution in [0.1, 0.15) is 45.1 Å². The van der Waals surface area contributed by atoms with E-state index >= 15 is 0 Å². The van der Waals surface area contributed by atoms with Crippen LogP contribution in [0, 0.1) is 0 Å². The smallest absolute Gasteiger partial charge is 0.423 e. The van der Waals surface area contributed by atoms with Crippen LogP contribution in [0.4, 0.5) is 24.8 Å². The molecule has 1 aromatic carbocycles. The topological polar surface area (TPSA) is 47.5 Å². The van der Waals surface area contributed by atoms with E-state index in [4.69, 9.17) is 9.47 Å². The molecule has 2 rings (SSSR count). The van der Waals surface area contributed by atoms with Gasteiger partial charge in [0.25, 0.3) is 0 Å². The molecule has 0 aliphatic rings. The molecule has 0 radical (unpaired) electrons. The van der Waals surface area contributed by atoms with E-state index in [0.29, 0.717) is 24.5 Å². The maximum atomic E-state index is 13.3. The largest absolute Gasteiger partial charge is 0.491 e. The molecule has 1 heterocycles. The molecule has 0 spiro atoms. The van der Waals surface area contributed by atoms with Crippen LogP contribution in [0.15, 0.2) is 30.5 Å². The van der Waals surface area contributed by atoms with Gasteiger partial charge in [0.2, 0.25) is 11.8 Å². The van der Waals surface area contributed by atoms with Crippen LogP contribution in [0.2, 0.25) is 0 Å². The standard InChI is InChI=1S/C20H26F3N3O2/c1-4-6-9-13-28-18-15(20(21,22)23)14-24-19(25-18)26(3)16-10-7-8-11-17(16)27-12-5-2/h7-8,10-11,14H,4-6,9,12-13H2,1-3H3. The summed E-state index contributed by atoms with van der Waals surface area (Å²) in [5.41, 5.74) is -0.315. The van der Waals surface area contributed by atoms with Crippen molar-refractivity contribution in [2.24, 2.45) is 0 Å². The van der Waals surface area contributed by atoms with Gasteiger partial charge in [-0.05, 0) is 25.0 Å². The van der Waals surface area contributed by atoms with Gasteiger partial charge in [-0.1, -0.05) is 38.8 Å². The lowest BCUT2D eigenvalue weighted by atomic mass is 10.2. The molecule has 0 saturated carbocycles. The fourth-order valence-corrected chi connectivity index (χ4v) is 2.52. The molecule has 0 aliphatic carbocycles. The first-order chi connectivity index (χ1) is 13.4. The van der Waals surface area contributed by atoms with Crippen molar-refractivity contribution in [2.75, 3.05) is 25.2 Å². The Bertz CT molecular complexity index is 754. The fourth-order valence-electron chi connectivity index (χ4n) is 2.52. The van der Waals surface area contributed by atoms with Crippen molar-refractivity contribution >= 4 is 11.6 Å². The highest BCUT2D eigenvalue weighted by Gasteiger charge is 2.36. The molecule has 0 N–H and O–H groups in total. The molecule has 0 fully saturated rings. The van der Waals surface area contributed by atoms with E-state index < -0.39 is 17.6 Å². The van der Waals surface area contributed by atoms with E-state index in [2.05, 4.69) is 9.97 Å². The summed E-state index contributed by atoms with van der Waals surface area (Å²) in [5, 5.41) is 0. The molecule has 0 amide bonds. The van der Waals surface area contributed by atoms with Crippen LogP contribution in [0.3, 0.4) is 0 Å². The molecule has 0 saturated heterocycles. The van der Waals surface area contributed by atoms with Gasteiger partial charge in [-0.25, -0.2) is 4.98 Å². The van der Waals surface area contributed by atoms with Crippen LogP contribution < -0.4 is 14.4 Å². The van der Waals surface area contributed by atoms with Crippen molar-refractivity contribution in [3.05, 3.63) is 36.0 Å². The predicted molar refractivity (Wildman–Crippen MR) is 102 cm³/mol. The second-order valence-corrected chi connectivity index (χ2v) is 6.32. The quantitative estimate of drug-likeness (QED) is 0.487.